The van der Waals surface area contributed by atoms with Gasteiger partial charge in [-0.05, 0) is 38.5 Å². The summed E-state index contributed by atoms with van der Waals surface area (Å²) in [5.74, 6) is 1.47. The Hall–Kier alpha value is -1.96. The Morgan fingerprint density at radius 2 is 1.83 bits per heavy atom. The lowest BCUT2D eigenvalue weighted by Gasteiger charge is -2.19. The summed E-state index contributed by atoms with van der Waals surface area (Å²) >= 11 is 0. The summed E-state index contributed by atoms with van der Waals surface area (Å²) in [6, 6.07) is 5.48. The third-order valence-corrected chi connectivity index (χ3v) is 6.10. The molecule has 0 amide bonds. The molecule has 1 rings (SSSR count). The largest absolute Gasteiger partial charge is 0.493 e. The summed E-state index contributed by atoms with van der Waals surface area (Å²) < 4.78 is 33.6. The van der Waals surface area contributed by atoms with Crippen molar-refractivity contribution < 1.29 is 17.9 Å². The van der Waals surface area contributed by atoms with E-state index < -0.39 is 14.6 Å². The molecule has 1 aromatic rings. The van der Waals surface area contributed by atoms with Gasteiger partial charge in [-0.2, -0.15) is 0 Å². The first-order valence-electron chi connectivity index (χ1n) is 7.57. The van der Waals surface area contributed by atoms with Crippen molar-refractivity contribution in [1.82, 2.24) is 5.32 Å². The van der Waals surface area contributed by atoms with Gasteiger partial charge in [-0.15, -0.1) is 0 Å². The minimum absolute atomic E-state index is 0.00305. The van der Waals surface area contributed by atoms with Crippen LogP contribution in [0.15, 0.2) is 23.2 Å². The summed E-state index contributed by atoms with van der Waals surface area (Å²) in [4.78, 5) is 4.20. The van der Waals surface area contributed by atoms with Crippen LogP contribution in [0.25, 0.3) is 0 Å². The van der Waals surface area contributed by atoms with Crippen LogP contribution in [0.2, 0.25) is 0 Å². The molecule has 24 heavy (non-hydrogen) atoms. The molecular weight excluding hydrogens is 330 g/mol. The number of sulfone groups is 1. The van der Waals surface area contributed by atoms with Crippen LogP contribution in [0.4, 0.5) is 0 Å². The Morgan fingerprint density at radius 1 is 1.21 bits per heavy atom. The first-order chi connectivity index (χ1) is 11.1. The topological polar surface area (TPSA) is 103 Å². The van der Waals surface area contributed by atoms with E-state index in [9.17, 15) is 8.42 Å². The third kappa shape index (κ3) is 5.59. The van der Waals surface area contributed by atoms with E-state index in [1.807, 2.05) is 12.1 Å². The van der Waals surface area contributed by atoms with Gasteiger partial charge in [0.15, 0.2) is 27.3 Å². The van der Waals surface area contributed by atoms with Gasteiger partial charge in [0.2, 0.25) is 0 Å². The van der Waals surface area contributed by atoms with Crippen LogP contribution < -0.4 is 20.5 Å². The average molecular weight is 357 g/mol. The van der Waals surface area contributed by atoms with Crippen molar-refractivity contribution in [2.45, 2.75) is 32.1 Å². The molecule has 0 saturated heterocycles. The molecule has 0 unspecified atom stereocenters. The number of nitrogens with one attached hydrogen (secondary N) is 1. The van der Waals surface area contributed by atoms with Crippen molar-refractivity contribution in [1.29, 1.82) is 0 Å². The fraction of sp³-hybridized carbons (Fsp3) is 0.562. The summed E-state index contributed by atoms with van der Waals surface area (Å²) in [5.41, 5.74) is 6.68. The van der Waals surface area contributed by atoms with Crippen LogP contribution >= 0.6 is 0 Å². The molecule has 3 N–H and O–H groups in total. The van der Waals surface area contributed by atoms with E-state index in [4.69, 9.17) is 15.2 Å². The maximum absolute atomic E-state index is 12.0. The van der Waals surface area contributed by atoms with E-state index in [1.54, 1.807) is 41.1 Å². The Labute approximate surface area is 144 Å². The van der Waals surface area contributed by atoms with E-state index in [0.717, 1.165) is 5.56 Å². The summed E-state index contributed by atoms with van der Waals surface area (Å²) in [6.45, 7) is 5.61. The highest BCUT2D eigenvalue weighted by Crippen LogP contribution is 2.27. The zero-order valence-corrected chi connectivity index (χ0v) is 15.7. The SMILES string of the molecule is COc1ccc(CN=C(N)NCCS(=O)(=O)C(C)(C)C)cc1OC. The Kier molecular flexibility index (Phi) is 6.89. The van der Waals surface area contributed by atoms with Gasteiger partial charge >= 0.3 is 0 Å². The van der Waals surface area contributed by atoms with Crippen LogP contribution in [-0.2, 0) is 16.4 Å². The van der Waals surface area contributed by atoms with Crippen LogP contribution in [-0.4, -0.2) is 45.6 Å². The second-order valence-electron chi connectivity index (χ2n) is 6.25. The first kappa shape index (κ1) is 20.1. The number of methoxy groups -OCH3 is 2. The van der Waals surface area contributed by atoms with Gasteiger partial charge in [0.1, 0.15) is 0 Å². The summed E-state index contributed by atoms with van der Waals surface area (Å²) in [7, 11) is -0.0421. The molecule has 0 aliphatic heterocycles. The number of ether oxygens (including phenoxy) is 2. The predicted molar refractivity (Wildman–Crippen MR) is 96.4 cm³/mol. The molecule has 0 aliphatic carbocycles. The second-order valence-corrected chi connectivity index (χ2v) is 9.11. The van der Waals surface area contributed by atoms with Gasteiger partial charge < -0.3 is 20.5 Å². The number of guanidine groups is 1. The van der Waals surface area contributed by atoms with Crippen LogP contribution in [0.5, 0.6) is 11.5 Å². The molecule has 0 saturated carbocycles. The number of hydrogen-bond donors (Lipinski definition) is 2. The van der Waals surface area contributed by atoms with Gasteiger partial charge in [-0.1, -0.05) is 6.07 Å². The second kappa shape index (κ2) is 8.23. The molecular formula is C16H27N3O4S. The fourth-order valence-electron chi connectivity index (χ4n) is 1.83. The summed E-state index contributed by atoms with van der Waals surface area (Å²) in [6.07, 6.45) is 0. The van der Waals surface area contributed by atoms with Crippen molar-refractivity contribution in [3.63, 3.8) is 0 Å². The third-order valence-electron chi connectivity index (χ3n) is 3.49. The maximum atomic E-state index is 12.0. The Bertz CT molecular complexity index is 679. The van der Waals surface area contributed by atoms with Crippen LogP contribution in [0.1, 0.15) is 26.3 Å². The van der Waals surface area contributed by atoms with Gasteiger partial charge in [0.25, 0.3) is 0 Å². The standard InChI is InChI=1S/C16H27N3O4S/c1-16(2,3)24(20,21)9-8-18-15(17)19-11-12-6-7-13(22-4)14(10-12)23-5/h6-7,10H,8-9,11H2,1-5H3,(H3,17,18,19). The van der Waals surface area contributed by atoms with E-state index in [0.29, 0.717) is 18.0 Å². The van der Waals surface area contributed by atoms with Crippen LogP contribution in [0, 0.1) is 0 Å². The highest BCUT2D eigenvalue weighted by molar-refractivity contribution is 7.92. The minimum Gasteiger partial charge on any atom is -0.493 e. The molecule has 0 heterocycles. The maximum Gasteiger partial charge on any atom is 0.188 e. The zero-order chi connectivity index (χ0) is 18.4. The molecule has 136 valence electrons. The Balaban J connectivity index is 2.59. The van der Waals surface area contributed by atoms with Gasteiger partial charge in [0, 0.05) is 6.54 Å². The lowest BCUT2D eigenvalue weighted by molar-refractivity contribution is 0.354. The quantitative estimate of drug-likeness (QED) is 0.563. The first-order valence-corrected chi connectivity index (χ1v) is 9.23. The highest BCUT2D eigenvalue weighted by atomic mass is 32.2. The number of benzene rings is 1. The normalized spacial score (nSPS) is 12.8. The zero-order valence-electron chi connectivity index (χ0n) is 14.9. The number of aliphatic imine (C=N–C) groups is 1. The molecule has 0 aliphatic rings. The lowest BCUT2D eigenvalue weighted by Crippen LogP contribution is -2.39. The monoisotopic (exact) mass is 357 g/mol. The molecule has 7 nitrogen and oxygen atoms in total. The molecule has 0 aromatic heterocycles. The van der Waals surface area contributed by atoms with Crippen LogP contribution in [0.3, 0.4) is 0 Å². The molecule has 0 atom stereocenters. The molecule has 0 bridgehead atoms. The van der Waals surface area contributed by atoms with E-state index in [1.165, 1.54) is 0 Å². The van der Waals surface area contributed by atoms with E-state index in [2.05, 4.69) is 10.3 Å². The minimum atomic E-state index is -3.18. The predicted octanol–water partition coefficient (Wildman–Crippen LogP) is 1.32. The molecule has 8 heteroatoms. The number of hydrogen-bond acceptors (Lipinski definition) is 5. The van der Waals surface area contributed by atoms with Crippen molar-refractivity contribution in [3.8, 4) is 11.5 Å². The molecule has 1 aromatic carbocycles. The molecule has 0 radical (unpaired) electrons. The lowest BCUT2D eigenvalue weighted by atomic mass is 10.2. The van der Waals surface area contributed by atoms with Gasteiger partial charge in [0.05, 0.1) is 31.3 Å². The number of nitrogens with zero attached hydrogens (tertiary/aromatic N) is 1. The van der Waals surface area contributed by atoms with Crippen molar-refractivity contribution in [3.05, 3.63) is 23.8 Å². The number of nitrogens with two attached hydrogens (primary N) is 1. The van der Waals surface area contributed by atoms with Crippen molar-refractivity contribution >= 4 is 15.8 Å². The number of rotatable bonds is 7. The summed E-state index contributed by atoms with van der Waals surface area (Å²) in [5, 5.41) is 2.82. The Morgan fingerprint density at radius 3 is 2.38 bits per heavy atom. The van der Waals surface area contributed by atoms with Gasteiger partial charge in [-0.25, -0.2) is 13.4 Å². The fourth-order valence-corrected chi connectivity index (χ4v) is 2.81. The molecule has 0 spiro atoms. The smallest absolute Gasteiger partial charge is 0.188 e. The van der Waals surface area contributed by atoms with Gasteiger partial charge in [-0.3, -0.25) is 0 Å². The van der Waals surface area contributed by atoms with Crippen molar-refractivity contribution in [2.24, 2.45) is 10.7 Å². The molecule has 0 fully saturated rings. The van der Waals surface area contributed by atoms with E-state index in [-0.39, 0.29) is 18.3 Å². The van der Waals surface area contributed by atoms with Crippen molar-refractivity contribution in [2.75, 3.05) is 26.5 Å². The van der Waals surface area contributed by atoms with E-state index >= 15 is 0 Å². The average Bonchev–Trinajstić information content (AvgIpc) is 2.51. The highest BCUT2D eigenvalue weighted by Gasteiger charge is 2.28.